The quantitative estimate of drug-likeness (QED) is 0.0330. The molecule has 0 atom stereocenters. The second-order valence-corrected chi connectivity index (χ2v) is 29.9. The second kappa shape index (κ2) is 33.9. The van der Waals surface area contributed by atoms with Crippen molar-refractivity contribution in [1.82, 2.24) is 0 Å². The number of rotatable bonds is 20. The summed E-state index contributed by atoms with van der Waals surface area (Å²) >= 11 is 0. The van der Waals surface area contributed by atoms with Gasteiger partial charge in [-0.1, -0.05) is 272 Å². The highest BCUT2D eigenvalue weighted by Gasteiger charge is 2.21. The highest BCUT2D eigenvalue weighted by molar-refractivity contribution is 6.27. The SMILES string of the molecule is C#Cc1cc2cc(C#Cc3cc(C#Cc4cc5cc(C#Cc6cc(C#Cc7cc8cc(C#C)c9cccc(C)c9c8c8c(C)cccc78)cc(C(=O)OCCCCCCCCCC)c6)c6cccc(C)c6c5c5c(C)cccc45)cc(C(=O)OCCCCCCCCCC)c3)c3cccc(C)c3c2c2c(C)cccc12. The molecule has 0 radical (unpaired) electrons. The number of terminal acetylenes is 2. The van der Waals surface area contributed by atoms with E-state index in [2.05, 4.69) is 260 Å². The monoisotopic (exact) mass is 1430 g/mol. The van der Waals surface area contributed by atoms with E-state index in [4.69, 9.17) is 22.3 Å². The average Bonchev–Trinajstić information content (AvgIpc) is 0.738. The predicted molar refractivity (Wildman–Crippen MR) is 464 cm³/mol. The number of hydrogen-bond donors (Lipinski definition) is 0. The Morgan fingerprint density at radius 3 is 0.745 bits per heavy atom. The minimum atomic E-state index is -0.406. The summed E-state index contributed by atoms with van der Waals surface area (Å²) in [5, 5.41) is 19.4. The highest BCUT2D eigenvalue weighted by atomic mass is 16.5. The van der Waals surface area contributed by atoms with Gasteiger partial charge in [-0.15, -0.1) is 12.8 Å². The molecule has 0 bridgehead atoms. The minimum absolute atomic E-state index is 0.331. The fourth-order valence-electron chi connectivity index (χ4n) is 16.5. The molecule has 0 aliphatic carbocycles. The first kappa shape index (κ1) is 74.6. The molecule has 0 aliphatic rings. The lowest BCUT2D eigenvalue weighted by atomic mass is 9.88. The van der Waals surface area contributed by atoms with Gasteiger partial charge in [-0.3, -0.25) is 0 Å². The third-order valence-corrected chi connectivity index (χ3v) is 22.0. The van der Waals surface area contributed by atoms with Gasteiger partial charge >= 0.3 is 11.9 Å². The first-order chi connectivity index (χ1) is 53.7. The van der Waals surface area contributed by atoms with Crippen molar-refractivity contribution in [2.45, 2.75) is 158 Å². The van der Waals surface area contributed by atoms with Gasteiger partial charge < -0.3 is 9.47 Å². The number of carbonyl (C=O) groups is 2. The van der Waals surface area contributed by atoms with Crippen LogP contribution in [0.4, 0.5) is 0 Å². The van der Waals surface area contributed by atoms with Gasteiger partial charge in [0.05, 0.1) is 24.3 Å². The topological polar surface area (TPSA) is 52.6 Å². The van der Waals surface area contributed by atoms with E-state index in [9.17, 15) is 9.59 Å². The number of ether oxygens (including phenoxy) is 2. The zero-order chi connectivity index (χ0) is 76.4. The number of benzene rings is 14. The van der Waals surface area contributed by atoms with Crippen molar-refractivity contribution < 1.29 is 19.1 Å². The van der Waals surface area contributed by atoms with Crippen LogP contribution in [0.15, 0.2) is 182 Å². The van der Waals surface area contributed by atoms with Gasteiger partial charge in [0.1, 0.15) is 0 Å². The maximum Gasteiger partial charge on any atom is 0.338 e. The van der Waals surface area contributed by atoms with Crippen molar-refractivity contribution in [2.24, 2.45) is 0 Å². The maximum absolute atomic E-state index is 14.3. The van der Waals surface area contributed by atoms with Crippen LogP contribution in [-0.4, -0.2) is 25.2 Å². The van der Waals surface area contributed by atoms with E-state index in [1.165, 1.54) is 64.2 Å². The van der Waals surface area contributed by atoms with Crippen molar-refractivity contribution in [1.29, 1.82) is 0 Å². The predicted octanol–water partition coefficient (Wildman–Crippen LogP) is 26.1. The Hall–Kier alpha value is -12.3. The van der Waals surface area contributed by atoms with Crippen LogP contribution in [0.2, 0.25) is 0 Å². The minimum Gasteiger partial charge on any atom is -0.462 e. The molecule has 540 valence electrons. The number of carbonyl (C=O) groups excluding carboxylic acids is 2. The lowest BCUT2D eigenvalue weighted by Gasteiger charge is -2.15. The standard InChI is InChI=1S/C106H92O4/c1-11-15-17-19-21-23-25-27-55-109-105(107)88-59-75(47-51-81-65-85-63-79(13-3)90-41-29-35-69(5)96(90)102(85)98-71(7)37-31-43-92(81)98)57-77(61-88)49-53-83-67-87-68-84(95-46-34-40-74(10)101(95)104(87)100-73(9)39-33-45-94(83)100)54-50-78-58-76(60-89(62-78)106(108)110-56-28-26-24-22-20-18-16-12-2)48-52-82-66-86-64-80(14-4)91-42-30-36-70(6)97(91)103(86)99-72(8)38-32-44-93(82)99/h3-4,29-46,57-68H,11-12,15-28,55-56H2,1-2,5-10H3. The summed E-state index contributed by atoms with van der Waals surface area (Å²) in [6, 6.07) is 62.5. The molecule has 0 aliphatic heterocycles. The zero-order valence-corrected chi connectivity index (χ0v) is 64.8. The van der Waals surface area contributed by atoms with Gasteiger partial charge in [0.2, 0.25) is 0 Å². The van der Waals surface area contributed by atoms with Gasteiger partial charge in [0.25, 0.3) is 0 Å². The van der Waals surface area contributed by atoms with E-state index in [1.807, 2.05) is 36.4 Å². The third-order valence-electron chi connectivity index (χ3n) is 22.0. The molecule has 14 rings (SSSR count). The smallest absolute Gasteiger partial charge is 0.338 e. The largest absolute Gasteiger partial charge is 0.462 e. The van der Waals surface area contributed by atoms with E-state index in [-0.39, 0.29) is 0 Å². The van der Waals surface area contributed by atoms with Crippen molar-refractivity contribution in [2.75, 3.05) is 13.2 Å². The Morgan fingerprint density at radius 1 is 0.273 bits per heavy atom. The number of hydrogen-bond acceptors (Lipinski definition) is 4. The van der Waals surface area contributed by atoms with Crippen LogP contribution >= 0.6 is 0 Å². The van der Waals surface area contributed by atoms with E-state index >= 15 is 0 Å². The molecule has 4 nitrogen and oxygen atoms in total. The van der Waals surface area contributed by atoms with Crippen LogP contribution in [0.5, 0.6) is 0 Å². The fourth-order valence-corrected chi connectivity index (χ4v) is 16.5. The van der Waals surface area contributed by atoms with Gasteiger partial charge in [0, 0.05) is 55.6 Å². The summed E-state index contributed by atoms with van der Waals surface area (Å²) < 4.78 is 12.1. The third kappa shape index (κ3) is 15.7. The van der Waals surface area contributed by atoms with Gasteiger partial charge in [-0.25, -0.2) is 9.59 Å². The highest BCUT2D eigenvalue weighted by Crippen LogP contribution is 2.43. The van der Waals surface area contributed by atoms with E-state index in [0.717, 1.165) is 202 Å². The fraction of sp³-hybridized carbons (Fsp3) is 0.245. The van der Waals surface area contributed by atoms with Gasteiger partial charge in [-0.2, -0.15) is 0 Å². The summed E-state index contributed by atoms with van der Waals surface area (Å²) in [6.45, 7) is 18.1. The van der Waals surface area contributed by atoms with E-state index in [0.29, 0.717) is 46.6 Å². The molecular weight excluding hydrogens is 1340 g/mol. The number of esters is 2. The van der Waals surface area contributed by atoms with Crippen molar-refractivity contribution >= 4 is 109 Å². The molecule has 0 unspecified atom stereocenters. The van der Waals surface area contributed by atoms with Crippen molar-refractivity contribution in [3.8, 4) is 72.1 Å². The average molecular weight is 1430 g/mol. The molecule has 0 spiro atoms. The lowest BCUT2D eigenvalue weighted by molar-refractivity contribution is 0.0488. The number of aryl methyl sites for hydroxylation is 6. The Kier molecular flexibility index (Phi) is 23.0. The maximum atomic E-state index is 14.3. The second-order valence-electron chi connectivity index (χ2n) is 29.9. The van der Waals surface area contributed by atoms with Crippen LogP contribution in [0, 0.1) is 114 Å². The zero-order valence-electron chi connectivity index (χ0n) is 64.8. The van der Waals surface area contributed by atoms with Crippen LogP contribution in [0.1, 0.15) is 226 Å². The molecule has 110 heavy (non-hydrogen) atoms. The lowest BCUT2D eigenvalue weighted by Crippen LogP contribution is -2.07. The Labute approximate surface area is 649 Å². The van der Waals surface area contributed by atoms with Crippen molar-refractivity contribution in [3.63, 3.8) is 0 Å². The molecule has 14 aromatic rings. The summed E-state index contributed by atoms with van der Waals surface area (Å²) in [7, 11) is 0. The van der Waals surface area contributed by atoms with Crippen LogP contribution in [-0.2, 0) is 9.47 Å². The summed E-state index contributed by atoms with van der Waals surface area (Å²) in [4.78, 5) is 28.7. The summed E-state index contributed by atoms with van der Waals surface area (Å²) in [5.41, 5.74) is 15.2. The molecule has 0 N–H and O–H groups in total. The molecular formula is C106H92O4. The molecule has 0 aromatic heterocycles. The Morgan fingerprint density at radius 2 is 0.500 bits per heavy atom. The Balaban J connectivity index is 0.866. The molecule has 4 heteroatoms. The first-order valence-electron chi connectivity index (χ1n) is 39.5. The normalized spacial score (nSPS) is 11.1. The van der Waals surface area contributed by atoms with Crippen LogP contribution < -0.4 is 0 Å². The van der Waals surface area contributed by atoms with E-state index in [1.54, 1.807) is 0 Å². The molecule has 0 saturated heterocycles. The van der Waals surface area contributed by atoms with Crippen molar-refractivity contribution in [3.05, 3.63) is 282 Å². The molecule has 14 aromatic carbocycles. The first-order valence-corrected chi connectivity index (χ1v) is 39.5. The number of unbranched alkanes of at least 4 members (excludes halogenated alkanes) is 14. The molecule has 0 amide bonds. The molecule has 0 fully saturated rings. The summed E-state index contributed by atoms with van der Waals surface area (Å²) in [5.74, 6) is 33.7. The summed E-state index contributed by atoms with van der Waals surface area (Å²) in [6.07, 6.45) is 30.6. The Bertz CT molecular complexity index is 6040. The molecule has 0 heterocycles. The molecule has 0 saturated carbocycles. The van der Waals surface area contributed by atoms with Crippen LogP contribution in [0.3, 0.4) is 0 Å². The number of fused-ring (bicyclic) bond motifs is 15. The van der Waals surface area contributed by atoms with E-state index < -0.39 is 11.9 Å². The van der Waals surface area contributed by atoms with Gasteiger partial charge in [-0.05, 0) is 258 Å². The van der Waals surface area contributed by atoms with Gasteiger partial charge in [0.15, 0.2) is 0 Å². The van der Waals surface area contributed by atoms with Crippen LogP contribution in [0.25, 0.3) is 97.0 Å².